The van der Waals surface area contributed by atoms with E-state index in [1.807, 2.05) is 49.6 Å². The molecule has 1 fully saturated rings. The fourth-order valence-corrected chi connectivity index (χ4v) is 3.85. The average Bonchev–Trinajstić information content (AvgIpc) is 3.14. The van der Waals surface area contributed by atoms with Crippen LogP contribution >= 0.6 is 11.3 Å². The standard InChI is InChI=1S/C21H28N4O3S/c1-15(2)19(23-18(26)12-16-6-4-3-5-7-16)20(27)24-21-22-17(14-29-21)13-25-8-10-28-11-9-25/h3-7,14-15,19H,8-13H2,1-2H3,(H,23,26)(H,22,24,27). The number of carbonyl (C=O) groups is 2. The lowest BCUT2D eigenvalue weighted by Gasteiger charge is -2.25. The number of thiazole rings is 1. The van der Waals surface area contributed by atoms with Crippen LogP contribution in [0.2, 0.25) is 0 Å². The van der Waals surface area contributed by atoms with Crippen LogP contribution in [0.25, 0.3) is 0 Å². The Balaban J connectivity index is 1.54. The van der Waals surface area contributed by atoms with Gasteiger partial charge in [0.25, 0.3) is 0 Å². The van der Waals surface area contributed by atoms with Crippen molar-refractivity contribution in [2.45, 2.75) is 32.9 Å². The molecule has 0 aliphatic carbocycles. The van der Waals surface area contributed by atoms with E-state index in [4.69, 9.17) is 4.74 Å². The highest BCUT2D eigenvalue weighted by Gasteiger charge is 2.25. The van der Waals surface area contributed by atoms with Gasteiger partial charge in [-0.2, -0.15) is 0 Å². The SMILES string of the molecule is CC(C)C(NC(=O)Cc1ccccc1)C(=O)Nc1nc(CN2CCOCC2)cs1. The van der Waals surface area contributed by atoms with Gasteiger partial charge in [0.15, 0.2) is 5.13 Å². The van der Waals surface area contributed by atoms with E-state index in [1.165, 1.54) is 11.3 Å². The first-order chi connectivity index (χ1) is 14.0. The van der Waals surface area contributed by atoms with Crippen molar-refractivity contribution < 1.29 is 14.3 Å². The number of nitrogens with zero attached hydrogens (tertiary/aromatic N) is 2. The molecule has 0 saturated carbocycles. The Labute approximate surface area is 175 Å². The molecule has 1 atom stereocenters. The first kappa shape index (κ1) is 21.4. The lowest BCUT2D eigenvalue weighted by atomic mass is 10.0. The quantitative estimate of drug-likeness (QED) is 0.690. The number of benzene rings is 1. The summed E-state index contributed by atoms with van der Waals surface area (Å²) in [6.07, 6.45) is 0.248. The molecule has 1 aliphatic heterocycles. The van der Waals surface area contributed by atoms with E-state index in [1.54, 1.807) is 0 Å². The minimum Gasteiger partial charge on any atom is -0.379 e. The van der Waals surface area contributed by atoms with Gasteiger partial charge < -0.3 is 15.4 Å². The van der Waals surface area contributed by atoms with E-state index in [0.29, 0.717) is 5.13 Å². The van der Waals surface area contributed by atoms with E-state index in [-0.39, 0.29) is 24.2 Å². The summed E-state index contributed by atoms with van der Waals surface area (Å²) in [7, 11) is 0. The van der Waals surface area contributed by atoms with Crippen LogP contribution in [0.15, 0.2) is 35.7 Å². The summed E-state index contributed by atoms with van der Waals surface area (Å²) in [4.78, 5) is 32.0. The van der Waals surface area contributed by atoms with Crippen molar-refractivity contribution in [1.82, 2.24) is 15.2 Å². The molecule has 0 spiro atoms. The highest BCUT2D eigenvalue weighted by Crippen LogP contribution is 2.18. The molecule has 0 radical (unpaired) electrons. The number of amides is 2. The molecule has 1 saturated heterocycles. The normalized spacial score (nSPS) is 15.8. The lowest BCUT2D eigenvalue weighted by Crippen LogP contribution is -2.47. The zero-order valence-corrected chi connectivity index (χ0v) is 17.7. The number of rotatable bonds is 8. The number of anilines is 1. The van der Waals surface area contributed by atoms with Crippen molar-refractivity contribution in [2.75, 3.05) is 31.6 Å². The molecule has 2 heterocycles. The summed E-state index contributed by atoms with van der Waals surface area (Å²) >= 11 is 1.40. The molecule has 7 nitrogen and oxygen atoms in total. The van der Waals surface area contributed by atoms with E-state index in [9.17, 15) is 9.59 Å². The highest BCUT2D eigenvalue weighted by molar-refractivity contribution is 7.13. The largest absolute Gasteiger partial charge is 0.379 e. The summed E-state index contributed by atoms with van der Waals surface area (Å²) in [6.45, 7) is 7.85. The number of aromatic nitrogens is 1. The van der Waals surface area contributed by atoms with E-state index in [0.717, 1.165) is 44.1 Å². The van der Waals surface area contributed by atoms with Crippen molar-refractivity contribution >= 4 is 28.3 Å². The molecule has 0 bridgehead atoms. The Morgan fingerprint density at radius 1 is 1.21 bits per heavy atom. The maximum atomic E-state index is 12.8. The Bertz CT molecular complexity index is 803. The smallest absolute Gasteiger partial charge is 0.248 e. The topological polar surface area (TPSA) is 83.6 Å². The van der Waals surface area contributed by atoms with Gasteiger partial charge in [-0.15, -0.1) is 11.3 Å². The van der Waals surface area contributed by atoms with Crippen LogP contribution in [0.4, 0.5) is 5.13 Å². The Hall–Kier alpha value is -2.29. The van der Waals surface area contributed by atoms with Crippen LogP contribution in [0, 0.1) is 5.92 Å². The zero-order chi connectivity index (χ0) is 20.6. The van der Waals surface area contributed by atoms with Crippen LogP contribution in [0.1, 0.15) is 25.1 Å². The van der Waals surface area contributed by atoms with Gasteiger partial charge in [0.05, 0.1) is 25.3 Å². The molecule has 156 valence electrons. The highest BCUT2D eigenvalue weighted by atomic mass is 32.1. The van der Waals surface area contributed by atoms with Crippen LogP contribution in [0.5, 0.6) is 0 Å². The van der Waals surface area contributed by atoms with Gasteiger partial charge >= 0.3 is 0 Å². The predicted octanol–water partition coefficient (Wildman–Crippen LogP) is 2.30. The van der Waals surface area contributed by atoms with Crippen LogP contribution in [-0.2, 0) is 27.3 Å². The monoisotopic (exact) mass is 416 g/mol. The number of morpholine rings is 1. The van der Waals surface area contributed by atoms with Gasteiger partial charge in [0, 0.05) is 25.0 Å². The van der Waals surface area contributed by atoms with Crippen molar-refractivity contribution in [3.05, 3.63) is 47.0 Å². The van der Waals surface area contributed by atoms with Crippen LogP contribution < -0.4 is 10.6 Å². The van der Waals surface area contributed by atoms with Crippen molar-refractivity contribution in [3.63, 3.8) is 0 Å². The van der Waals surface area contributed by atoms with Gasteiger partial charge in [0.2, 0.25) is 11.8 Å². The molecule has 2 aromatic rings. The maximum absolute atomic E-state index is 12.8. The molecule has 1 aromatic carbocycles. The third-order valence-electron chi connectivity index (χ3n) is 4.74. The molecular formula is C21H28N4O3S. The lowest BCUT2D eigenvalue weighted by molar-refractivity contribution is -0.127. The molecular weight excluding hydrogens is 388 g/mol. The summed E-state index contributed by atoms with van der Waals surface area (Å²) in [5.74, 6) is -0.451. The molecule has 29 heavy (non-hydrogen) atoms. The first-order valence-corrected chi connectivity index (χ1v) is 10.8. The second-order valence-corrected chi connectivity index (χ2v) is 8.33. The van der Waals surface area contributed by atoms with Gasteiger partial charge in [-0.1, -0.05) is 44.2 Å². The van der Waals surface area contributed by atoms with Crippen molar-refractivity contribution in [1.29, 1.82) is 0 Å². The van der Waals surface area contributed by atoms with Gasteiger partial charge in [0.1, 0.15) is 6.04 Å². The molecule has 2 amide bonds. The molecule has 1 unspecified atom stereocenters. The summed E-state index contributed by atoms with van der Waals surface area (Å²) in [6, 6.07) is 8.88. The van der Waals surface area contributed by atoms with Gasteiger partial charge in [-0.25, -0.2) is 4.98 Å². The molecule has 2 N–H and O–H groups in total. The van der Waals surface area contributed by atoms with Crippen molar-refractivity contribution in [3.8, 4) is 0 Å². The van der Waals surface area contributed by atoms with Gasteiger partial charge in [-0.3, -0.25) is 14.5 Å². The zero-order valence-electron chi connectivity index (χ0n) is 16.9. The fraction of sp³-hybridized carbons (Fsp3) is 0.476. The van der Waals surface area contributed by atoms with E-state index >= 15 is 0 Å². The molecule has 8 heteroatoms. The maximum Gasteiger partial charge on any atom is 0.248 e. The van der Waals surface area contributed by atoms with Crippen LogP contribution in [0.3, 0.4) is 0 Å². The summed E-state index contributed by atoms with van der Waals surface area (Å²) in [5, 5.41) is 8.24. The third-order valence-corrected chi connectivity index (χ3v) is 5.55. The number of hydrogen-bond acceptors (Lipinski definition) is 6. The fourth-order valence-electron chi connectivity index (χ4n) is 3.15. The molecule has 3 rings (SSSR count). The second-order valence-electron chi connectivity index (χ2n) is 7.47. The Morgan fingerprint density at radius 3 is 2.62 bits per heavy atom. The first-order valence-electron chi connectivity index (χ1n) is 9.90. The molecule has 1 aromatic heterocycles. The minimum atomic E-state index is -0.613. The van der Waals surface area contributed by atoms with E-state index in [2.05, 4.69) is 20.5 Å². The van der Waals surface area contributed by atoms with Crippen LogP contribution in [-0.4, -0.2) is 54.0 Å². The number of ether oxygens (including phenoxy) is 1. The summed E-state index contributed by atoms with van der Waals surface area (Å²) < 4.78 is 5.36. The number of hydrogen-bond donors (Lipinski definition) is 2. The Morgan fingerprint density at radius 2 is 1.93 bits per heavy atom. The third kappa shape index (κ3) is 6.62. The number of nitrogens with one attached hydrogen (secondary N) is 2. The van der Waals surface area contributed by atoms with E-state index < -0.39 is 6.04 Å². The minimum absolute atomic E-state index is 0.0393. The second kappa shape index (κ2) is 10.5. The molecule has 1 aliphatic rings. The van der Waals surface area contributed by atoms with Gasteiger partial charge in [-0.05, 0) is 11.5 Å². The average molecular weight is 417 g/mol. The predicted molar refractivity (Wildman–Crippen MR) is 114 cm³/mol. The Kier molecular flexibility index (Phi) is 7.74. The summed E-state index contributed by atoms with van der Waals surface area (Å²) in [5.41, 5.74) is 1.85. The van der Waals surface area contributed by atoms with Crippen molar-refractivity contribution in [2.24, 2.45) is 5.92 Å². The number of carbonyl (C=O) groups excluding carboxylic acids is 2.